The summed E-state index contributed by atoms with van der Waals surface area (Å²) in [5.41, 5.74) is 2.59. The highest BCUT2D eigenvalue weighted by Crippen LogP contribution is 2.20. The first-order chi connectivity index (χ1) is 11.3. The molecule has 0 aromatic carbocycles. The normalized spacial score (nSPS) is 10.3. The molecule has 3 aromatic rings. The van der Waals surface area contributed by atoms with Crippen LogP contribution in [-0.4, -0.2) is 38.2 Å². The van der Waals surface area contributed by atoms with Crippen molar-refractivity contribution in [2.75, 3.05) is 7.11 Å². The predicted octanol–water partition coefficient (Wildman–Crippen LogP) is 1.20. The summed E-state index contributed by atoms with van der Waals surface area (Å²) in [7, 11) is 1.52. The molecule has 0 spiro atoms. The highest BCUT2D eigenvalue weighted by Gasteiger charge is 2.15. The molecule has 8 heteroatoms. The fourth-order valence-corrected chi connectivity index (χ4v) is 2.01. The summed E-state index contributed by atoms with van der Waals surface area (Å²) < 4.78 is 4.94. The summed E-state index contributed by atoms with van der Waals surface area (Å²) in [6.45, 7) is 0.255. The van der Waals surface area contributed by atoms with Gasteiger partial charge in [0.05, 0.1) is 37.9 Å². The van der Waals surface area contributed by atoms with Crippen LogP contribution in [0.2, 0.25) is 0 Å². The average Bonchev–Trinajstić information content (AvgIpc) is 3.11. The number of nitrogens with one attached hydrogen (secondary N) is 2. The maximum Gasteiger partial charge on any atom is 0.270 e. The van der Waals surface area contributed by atoms with E-state index in [1.165, 1.54) is 13.3 Å². The third-order valence-electron chi connectivity index (χ3n) is 3.18. The molecule has 23 heavy (non-hydrogen) atoms. The number of aromatic nitrogens is 5. The minimum atomic E-state index is -0.271. The molecule has 8 nitrogen and oxygen atoms in total. The van der Waals surface area contributed by atoms with Crippen molar-refractivity contribution in [1.29, 1.82) is 0 Å². The van der Waals surface area contributed by atoms with Crippen LogP contribution in [0.15, 0.2) is 43.1 Å². The summed E-state index contributed by atoms with van der Waals surface area (Å²) in [4.78, 5) is 24.5. The molecule has 0 aliphatic carbocycles. The van der Waals surface area contributed by atoms with Gasteiger partial charge in [-0.05, 0) is 17.7 Å². The van der Waals surface area contributed by atoms with Crippen LogP contribution < -0.4 is 10.1 Å². The molecule has 1 amide bonds. The standard InChI is InChI=1S/C15H14N6O2/c1-23-13-9-17-11(6-18-13)7-19-15(22)14-12(8-20-21-14)10-2-4-16-5-3-10/h2-6,8-9H,7H2,1H3,(H,19,22)(H,20,21). The van der Waals surface area contributed by atoms with Crippen molar-refractivity contribution < 1.29 is 9.53 Å². The summed E-state index contributed by atoms with van der Waals surface area (Å²) in [6, 6.07) is 3.63. The second-order valence-corrected chi connectivity index (χ2v) is 4.63. The number of carbonyl (C=O) groups excluding carboxylic acids is 1. The number of amides is 1. The van der Waals surface area contributed by atoms with E-state index in [1.54, 1.807) is 24.8 Å². The number of rotatable bonds is 5. The van der Waals surface area contributed by atoms with Crippen molar-refractivity contribution in [3.05, 3.63) is 54.5 Å². The first-order valence-corrected chi connectivity index (χ1v) is 6.85. The van der Waals surface area contributed by atoms with Crippen molar-refractivity contribution >= 4 is 5.91 Å². The molecular weight excluding hydrogens is 296 g/mol. The van der Waals surface area contributed by atoms with E-state index in [-0.39, 0.29) is 12.5 Å². The van der Waals surface area contributed by atoms with E-state index in [4.69, 9.17) is 4.74 Å². The lowest BCUT2D eigenvalue weighted by Crippen LogP contribution is -2.24. The lowest BCUT2D eigenvalue weighted by molar-refractivity contribution is 0.0946. The molecule has 0 atom stereocenters. The third-order valence-corrected chi connectivity index (χ3v) is 3.18. The van der Waals surface area contributed by atoms with Crippen molar-refractivity contribution in [1.82, 2.24) is 30.5 Å². The topological polar surface area (TPSA) is 106 Å². The van der Waals surface area contributed by atoms with E-state index < -0.39 is 0 Å². The van der Waals surface area contributed by atoms with Crippen molar-refractivity contribution in [3.63, 3.8) is 0 Å². The van der Waals surface area contributed by atoms with Crippen LogP contribution in [0, 0.1) is 0 Å². The van der Waals surface area contributed by atoms with Crippen LogP contribution in [-0.2, 0) is 6.54 Å². The highest BCUT2D eigenvalue weighted by molar-refractivity contribution is 5.98. The van der Waals surface area contributed by atoms with Crippen molar-refractivity contribution in [2.24, 2.45) is 0 Å². The lowest BCUT2D eigenvalue weighted by atomic mass is 10.1. The molecule has 116 valence electrons. The monoisotopic (exact) mass is 310 g/mol. The number of hydrogen-bond donors (Lipinski definition) is 2. The van der Waals surface area contributed by atoms with Crippen LogP contribution in [0.5, 0.6) is 5.88 Å². The Morgan fingerprint density at radius 3 is 2.74 bits per heavy atom. The van der Waals surface area contributed by atoms with Crippen LogP contribution in [0.1, 0.15) is 16.2 Å². The molecule has 3 aromatic heterocycles. The number of carbonyl (C=O) groups is 1. The number of ether oxygens (including phenoxy) is 1. The Balaban J connectivity index is 1.70. The Bertz CT molecular complexity index is 785. The Morgan fingerprint density at radius 1 is 1.22 bits per heavy atom. The largest absolute Gasteiger partial charge is 0.480 e. The maximum atomic E-state index is 12.3. The number of aromatic amines is 1. The van der Waals surface area contributed by atoms with Gasteiger partial charge < -0.3 is 10.1 Å². The molecular formula is C15H14N6O2. The van der Waals surface area contributed by atoms with Crippen LogP contribution in [0.25, 0.3) is 11.1 Å². The molecule has 0 aliphatic heterocycles. The Hall–Kier alpha value is -3.29. The molecule has 2 N–H and O–H groups in total. The van der Waals surface area contributed by atoms with Gasteiger partial charge in [-0.3, -0.25) is 19.9 Å². The number of pyridine rings is 1. The van der Waals surface area contributed by atoms with E-state index in [1.807, 2.05) is 12.1 Å². The summed E-state index contributed by atoms with van der Waals surface area (Å²) >= 11 is 0. The minimum absolute atomic E-state index is 0.255. The number of hydrogen-bond acceptors (Lipinski definition) is 6. The first kappa shape index (κ1) is 14.6. The van der Waals surface area contributed by atoms with Gasteiger partial charge >= 0.3 is 0 Å². The molecule has 3 rings (SSSR count). The zero-order valence-electron chi connectivity index (χ0n) is 12.4. The summed E-state index contributed by atoms with van der Waals surface area (Å²) in [5.74, 6) is 0.153. The molecule has 0 unspecified atom stereocenters. The van der Waals surface area contributed by atoms with Gasteiger partial charge in [0.15, 0.2) is 0 Å². The third kappa shape index (κ3) is 3.31. The quantitative estimate of drug-likeness (QED) is 0.733. The molecule has 0 aliphatic rings. The van der Waals surface area contributed by atoms with Crippen LogP contribution in [0.3, 0.4) is 0 Å². The predicted molar refractivity (Wildman–Crippen MR) is 81.6 cm³/mol. The number of methoxy groups -OCH3 is 1. The molecule has 0 saturated heterocycles. The summed E-state index contributed by atoms with van der Waals surface area (Å²) in [5, 5.41) is 9.45. The molecule has 3 heterocycles. The zero-order chi connectivity index (χ0) is 16.1. The van der Waals surface area contributed by atoms with Crippen LogP contribution in [0.4, 0.5) is 0 Å². The van der Waals surface area contributed by atoms with E-state index in [0.717, 1.165) is 5.56 Å². The molecule has 0 bridgehead atoms. The van der Waals surface area contributed by atoms with Gasteiger partial charge in [-0.25, -0.2) is 4.98 Å². The highest BCUT2D eigenvalue weighted by atomic mass is 16.5. The van der Waals surface area contributed by atoms with Gasteiger partial charge in [-0.1, -0.05) is 0 Å². The Kier molecular flexibility index (Phi) is 4.23. The van der Waals surface area contributed by atoms with Gasteiger partial charge in [-0.2, -0.15) is 5.10 Å². The minimum Gasteiger partial charge on any atom is -0.480 e. The first-order valence-electron chi connectivity index (χ1n) is 6.85. The van der Waals surface area contributed by atoms with Crippen molar-refractivity contribution in [2.45, 2.75) is 6.54 Å². The zero-order valence-corrected chi connectivity index (χ0v) is 12.4. The number of H-pyrrole nitrogens is 1. The SMILES string of the molecule is COc1cnc(CNC(=O)c2[nH]ncc2-c2ccncc2)cn1. The second kappa shape index (κ2) is 6.65. The average molecular weight is 310 g/mol. The van der Waals surface area contributed by atoms with Gasteiger partial charge in [0, 0.05) is 18.0 Å². The Morgan fingerprint density at radius 2 is 2.04 bits per heavy atom. The molecule has 0 radical (unpaired) electrons. The van der Waals surface area contributed by atoms with Gasteiger partial charge in [0.1, 0.15) is 5.69 Å². The lowest BCUT2D eigenvalue weighted by Gasteiger charge is -2.06. The fraction of sp³-hybridized carbons (Fsp3) is 0.133. The van der Waals surface area contributed by atoms with E-state index >= 15 is 0 Å². The van der Waals surface area contributed by atoms with Gasteiger partial charge in [0.25, 0.3) is 5.91 Å². The van der Waals surface area contributed by atoms with Gasteiger partial charge in [0.2, 0.25) is 5.88 Å². The van der Waals surface area contributed by atoms with E-state index in [0.29, 0.717) is 22.8 Å². The van der Waals surface area contributed by atoms with Crippen molar-refractivity contribution in [3.8, 4) is 17.0 Å². The maximum absolute atomic E-state index is 12.3. The Labute approximate surface area is 132 Å². The van der Waals surface area contributed by atoms with Crippen LogP contribution >= 0.6 is 0 Å². The fourth-order valence-electron chi connectivity index (χ4n) is 2.01. The molecule has 0 saturated carbocycles. The van der Waals surface area contributed by atoms with Gasteiger partial charge in [-0.15, -0.1) is 0 Å². The molecule has 0 fully saturated rings. The number of nitrogens with zero attached hydrogens (tertiary/aromatic N) is 4. The van der Waals surface area contributed by atoms with E-state index in [2.05, 4.69) is 30.5 Å². The van der Waals surface area contributed by atoms with E-state index in [9.17, 15) is 4.79 Å². The smallest absolute Gasteiger partial charge is 0.270 e. The second-order valence-electron chi connectivity index (χ2n) is 4.63. The summed E-state index contributed by atoms with van der Waals surface area (Å²) in [6.07, 6.45) is 7.99.